The van der Waals surface area contributed by atoms with Gasteiger partial charge < -0.3 is 4.74 Å². The zero-order valence-corrected chi connectivity index (χ0v) is 12.8. The Hall–Kier alpha value is -3.45. The number of nitrogens with zero attached hydrogens (tertiary/aromatic N) is 2. The van der Waals surface area contributed by atoms with E-state index >= 15 is 0 Å². The molecule has 0 atom stereocenters. The van der Waals surface area contributed by atoms with Gasteiger partial charge >= 0.3 is 0 Å². The lowest BCUT2D eigenvalue weighted by molar-refractivity contribution is 0.112. The predicted molar refractivity (Wildman–Crippen MR) is 90.6 cm³/mol. The van der Waals surface area contributed by atoms with Crippen LogP contribution in [0, 0.1) is 11.8 Å². The minimum absolute atomic E-state index is 0.448. The summed E-state index contributed by atoms with van der Waals surface area (Å²) in [5.41, 5.74) is 3.07. The van der Waals surface area contributed by atoms with E-state index in [1.807, 2.05) is 30.3 Å². The first-order valence-corrected chi connectivity index (χ1v) is 7.41. The highest BCUT2D eigenvalue weighted by Gasteiger charge is 1.98. The lowest BCUT2D eigenvalue weighted by atomic mass is 10.1. The molecule has 0 aliphatic rings. The van der Waals surface area contributed by atoms with Gasteiger partial charge in [-0.25, -0.2) is 0 Å². The van der Waals surface area contributed by atoms with Crippen molar-refractivity contribution in [3.8, 4) is 17.7 Å². The normalized spacial score (nSPS) is 9.67. The number of benzene rings is 2. The molecular formula is C20H14N2O2. The lowest BCUT2D eigenvalue weighted by Crippen LogP contribution is -1.98. The molecule has 3 rings (SSSR count). The van der Waals surface area contributed by atoms with Gasteiger partial charge in [0.05, 0.1) is 0 Å². The fourth-order valence-electron chi connectivity index (χ4n) is 1.98. The number of hydrogen-bond donors (Lipinski definition) is 0. The van der Waals surface area contributed by atoms with Crippen LogP contribution in [-0.2, 0) is 6.61 Å². The smallest absolute Gasteiger partial charge is 0.233 e. The van der Waals surface area contributed by atoms with Crippen molar-refractivity contribution in [2.24, 2.45) is 0 Å². The van der Waals surface area contributed by atoms with Gasteiger partial charge in [-0.3, -0.25) is 4.79 Å². The van der Waals surface area contributed by atoms with Crippen LogP contribution in [0.2, 0.25) is 0 Å². The van der Waals surface area contributed by atoms with E-state index in [2.05, 4.69) is 22.0 Å². The maximum Gasteiger partial charge on any atom is 0.233 e. The zero-order chi connectivity index (χ0) is 16.6. The summed E-state index contributed by atoms with van der Waals surface area (Å²) in [6.45, 7) is 0.448. The molecule has 0 saturated heterocycles. The van der Waals surface area contributed by atoms with Gasteiger partial charge in [-0.05, 0) is 29.7 Å². The summed E-state index contributed by atoms with van der Waals surface area (Å²) in [7, 11) is 0. The number of aromatic nitrogens is 2. The molecule has 0 aliphatic carbocycles. The van der Waals surface area contributed by atoms with Gasteiger partial charge in [0.1, 0.15) is 18.6 Å². The molecular weight excluding hydrogens is 300 g/mol. The van der Waals surface area contributed by atoms with E-state index in [1.54, 1.807) is 36.4 Å². The Morgan fingerprint density at radius 3 is 2.33 bits per heavy atom. The third kappa shape index (κ3) is 4.28. The molecule has 4 heteroatoms. The van der Waals surface area contributed by atoms with Gasteiger partial charge in [-0.2, -0.15) is 0 Å². The molecule has 0 aliphatic heterocycles. The fraction of sp³-hybridized carbons (Fsp3) is 0.0500. The number of carbonyl (C=O) groups excluding carboxylic acids is 1. The monoisotopic (exact) mass is 314 g/mol. The minimum Gasteiger partial charge on any atom is -0.472 e. The van der Waals surface area contributed by atoms with Crippen molar-refractivity contribution in [3.63, 3.8) is 0 Å². The van der Waals surface area contributed by atoms with Crippen molar-refractivity contribution >= 4 is 6.29 Å². The van der Waals surface area contributed by atoms with Crippen LogP contribution < -0.4 is 4.74 Å². The molecule has 2 aromatic carbocycles. The van der Waals surface area contributed by atoms with Crippen molar-refractivity contribution in [2.75, 3.05) is 0 Å². The van der Waals surface area contributed by atoms with E-state index in [9.17, 15) is 4.79 Å². The van der Waals surface area contributed by atoms with Gasteiger partial charge in [0.25, 0.3) is 0 Å². The number of carbonyl (C=O) groups is 1. The van der Waals surface area contributed by atoms with Crippen molar-refractivity contribution in [2.45, 2.75) is 6.61 Å². The molecule has 0 bridgehead atoms. The topological polar surface area (TPSA) is 52.1 Å². The van der Waals surface area contributed by atoms with Gasteiger partial charge in [0.2, 0.25) is 5.88 Å². The van der Waals surface area contributed by atoms with E-state index in [1.165, 1.54) is 0 Å². The number of aldehydes is 1. The molecule has 0 amide bonds. The van der Waals surface area contributed by atoms with Crippen molar-refractivity contribution in [1.82, 2.24) is 10.2 Å². The molecule has 0 unspecified atom stereocenters. The van der Waals surface area contributed by atoms with E-state index in [0.29, 0.717) is 23.7 Å². The Balaban J connectivity index is 1.62. The highest BCUT2D eigenvalue weighted by Crippen LogP contribution is 2.08. The number of rotatable bonds is 4. The largest absolute Gasteiger partial charge is 0.472 e. The molecule has 116 valence electrons. The first kappa shape index (κ1) is 15.4. The van der Waals surface area contributed by atoms with Gasteiger partial charge in [-0.1, -0.05) is 48.4 Å². The van der Waals surface area contributed by atoms with Crippen LogP contribution >= 0.6 is 0 Å². The van der Waals surface area contributed by atoms with Crippen molar-refractivity contribution in [3.05, 3.63) is 89.1 Å². The summed E-state index contributed by atoms with van der Waals surface area (Å²) in [5.74, 6) is 6.37. The molecule has 4 nitrogen and oxygen atoms in total. The molecule has 1 aromatic heterocycles. The third-order valence-corrected chi connectivity index (χ3v) is 3.25. The Kier molecular flexibility index (Phi) is 4.96. The van der Waals surface area contributed by atoms with E-state index in [-0.39, 0.29) is 0 Å². The highest BCUT2D eigenvalue weighted by atomic mass is 16.5. The highest BCUT2D eigenvalue weighted by molar-refractivity contribution is 5.74. The predicted octanol–water partition coefficient (Wildman–Crippen LogP) is 3.27. The second-order valence-electron chi connectivity index (χ2n) is 5.02. The van der Waals surface area contributed by atoms with Gasteiger partial charge in [0, 0.05) is 17.2 Å². The van der Waals surface area contributed by atoms with Crippen LogP contribution in [0.25, 0.3) is 0 Å². The third-order valence-electron chi connectivity index (χ3n) is 3.25. The second-order valence-corrected chi connectivity index (χ2v) is 5.02. The molecule has 0 radical (unpaired) electrons. The van der Waals surface area contributed by atoms with Gasteiger partial charge in [-0.15, -0.1) is 10.2 Å². The Labute approximate surface area is 140 Å². The average molecular weight is 314 g/mol. The summed E-state index contributed by atoms with van der Waals surface area (Å²) < 4.78 is 5.58. The summed E-state index contributed by atoms with van der Waals surface area (Å²) in [5, 5.41) is 8.05. The fourth-order valence-corrected chi connectivity index (χ4v) is 1.98. The Bertz CT molecular complexity index is 862. The summed E-state index contributed by atoms with van der Waals surface area (Å²) in [4.78, 5) is 10.6. The summed E-state index contributed by atoms with van der Waals surface area (Å²) >= 11 is 0. The zero-order valence-electron chi connectivity index (χ0n) is 12.8. The van der Waals surface area contributed by atoms with Gasteiger partial charge in [0.15, 0.2) is 0 Å². The van der Waals surface area contributed by atoms with Crippen LogP contribution in [0.4, 0.5) is 0 Å². The Morgan fingerprint density at radius 1 is 0.875 bits per heavy atom. The first-order valence-electron chi connectivity index (χ1n) is 7.41. The molecule has 3 aromatic rings. The molecule has 1 heterocycles. The SMILES string of the molecule is O=Cc1ccc(C#Cc2ccc(OCc3ccccc3)nn2)cc1. The molecule has 24 heavy (non-hydrogen) atoms. The number of hydrogen-bond acceptors (Lipinski definition) is 4. The minimum atomic E-state index is 0.448. The van der Waals surface area contributed by atoms with E-state index in [0.717, 1.165) is 17.4 Å². The van der Waals surface area contributed by atoms with Crippen LogP contribution in [-0.4, -0.2) is 16.5 Å². The quantitative estimate of drug-likeness (QED) is 0.548. The summed E-state index contributed by atoms with van der Waals surface area (Å²) in [6, 6.07) is 20.4. The maximum atomic E-state index is 10.6. The number of ether oxygens (including phenoxy) is 1. The second kappa shape index (κ2) is 7.70. The van der Waals surface area contributed by atoms with Crippen molar-refractivity contribution < 1.29 is 9.53 Å². The summed E-state index contributed by atoms with van der Waals surface area (Å²) in [6.07, 6.45) is 0.802. The molecule has 0 spiro atoms. The van der Waals surface area contributed by atoms with Crippen LogP contribution in [0.15, 0.2) is 66.7 Å². The average Bonchev–Trinajstić information content (AvgIpc) is 2.67. The van der Waals surface area contributed by atoms with Crippen molar-refractivity contribution in [1.29, 1.82) is 0 Å². The lowest BCUT2D eigenvalue weighted by Gasteiger charge is -2.03. The van der Waals surface area contributed by atoms with E-state index in [4.69, 9.17) is 4.74 Å². The van der Waals surface area contributed by atoms with E-state index < -0.39 is 0 Å². The van der Waals surface area contributed by atoms with Crippen LogP contribution in [0.3, 0.4) is 0 Å². The molecule has 0 fully saturated rings. The Morgan fingerprint density at radius 2 is 1.67 bits per heavy atom. The maximum absolute atomic E-state index is 10.6. The van der Waals surface area contributed by atoms with Crippen LogP contribution in [0.1, 0.15) is 27.2 Å². The molecule has 0 N–H and O–H groups in total. The molecule has 0 saturated carbocycles. The standard InChI is InChI=1S/C20H14N2O2/c23-14-17-8-6-16(7-9-17)10-11-19-12-13-20(22-21-19)24-15-18-4-2-1-3-5-18/h1-9,12-14H,15H2. The van der Waals surface area contributed by atoms with Crippen LogP contribution in [0.5, 0.6) is 5.88 Å². The first-order chi connectivity index (χ1) is 11.8.